The molecule has 2 rings (SSSR count). The van der Waals surface area contributed by atoms with E-state index in [0.29, 0.717) is 23.2 Å². The molecule has 1 aliphatic heterocycles. The standard InChI is InChI=1S/C19H28N2O4S/c1-11(2)12(3)20-18(23)15-10-26-19(21(15)13(4)22)14-7-8-16(24-5)17(9-14)25-6/h7-9,11-12,15,19H,10H2,1-6H3,(H,20,23). The van der Waals surface area contributed by atoms with Crippen molar-refractivity contribution in [3.8, 4) is 11.5 Å². The van der Waals surface area contributed by atoms with Crippen LogP contribution in [-0.2, 0) is 9.59 Å². The van der Waals surface area contributed by atoms with E-state index in [4.69, 9.17) is 9.47 Å². The Morgan fingerprint density at radius 2 is 1.85 bits per heavy atom. The molecule has 144 valence electrons. The molecule has 0 bridgehead atoms. The van der Waals surface area contributed by atoms with Crippen LogP contribution in [0.5, 0.6) is 11.5 Å². The van der Waals surface area contributed by atoms with E-state index in [9.17, 15) is 9.59 Å². The Morgan fingerprint density at radius 1 is 1.19 bits per heavy atom. The highest BCUT2D eigenvalue weighted by Crippen LogP contribution is 2.43. The number of hydrogen-bond donors (Lipinski definition) is 1. The molecule has 0 radical (unpaired) electrons. The van der Waals surface area contributed by atoms with E-state index in [0.717, 1.165) is 5.56 Å². The Morgan fingerprint density at radius 3 is 2.38 bits per heavy atom. The molecule has 6 nitrogen and oxygen atoms in total. The lowest BCUT2D eigenvalue weighted by atomic mass is 10.1. The van der Waals surface area contributed by atoms with Gasteiger partial charge in [0.25, 0.3) is 0 Å². The highest BCUT2D eigenvalue weighted by atomic mass is 32.2. The number of methoxy groups -OCH3 is 2. The van der Waals surface area contributed by atoms with Gasteiger partial charge >= 0.3 is 0 Å². The van der Waals surface area contributed by atoms with Gasteiger partial charge in [0.1, 0.15) is 11.4 Å². The first kappa shape index (κ1) is 20.4. The predicted octanol–water partition coefficient (Wildman–Crippen LogP) is 2.83. The maximum absolute atomic E-state index is 12.7. The third-order valence-electron chi connectivity index (χ3n) is 4.73. The Hall–Kier alpha value is -1.89. The number of amides is 2. The van der Waals surface area contributed by atoms with Gasteiger partial charge in [-0.3, -0.25) is 9.59 Å². The van der Waals surface area contributed by atoms with E-state index in [1.807, 2.05) is 25.1 Å². The van der Waals surface area contributed by atoms with Gasteiger partial charge in [-0.1, -0.05) is 19.9 Å². The van der Waals surface area contributed by atoms with Gasteiger partial charge in [0.05, 0.1) is 14.2 Å². The van der Waals surface area contributed by atoms with Crippen LogP contribution in [0.25, 0.3) is 0 Å². The number of ether oxygens (including phenoxy) is 2. The van der Waals surface area contributed by atoms with Crippen molar-refractivity contribution in [1.29, 1.82) is 0 Å². The highest BCUT2D eigenvalue weighted by molar-refractivity contribution is 7.99. The zero-order valence-corrected chi connectivity index (χ0v) is 17.1. The van der Waals surface area contributed by atoms with Crippen LogP contribution in [0.2, 0.25) is 0 Å². The maximum Gasteiger partial charge on any atom is 0.243 e. The third kappa shape index (κ3) is 4.26. The lowest BCUT2D eigenvalue weighted by molar-refractivity contribution is -0.138. The van der Waals surface area contributed by atoms with Crippen LogP contribution in [0.3, 0.4) is 0 Å². The second kappa shape index (κ2) is 8.66. The van der Waals surface area contributed by atoms with E-state index in [2.05, 4.69) is 19.2 Å². The van der Waals surface area contributed by atoms with Crippen molar-refractivity contribution in [3.63, 3.8) is 0 Å². The first-order chi connectivity index (χ1) is 12.3. The SMILES string of the molecule is COc1ccc(C2SCC(C(=O)NC(C)C(C)C)N2C(C)=O)cc1OC. The number of carbonyl (C=O) groups is 2. The van der Waals surface area contributed by atoms with Crippen molar-refractivity contribution in [1.82, 2.24) is 10.2 Å². The number of hydrogen-bond acceptors (Lipinski definition) is 5. The van der Waals surface area contributed by atoms with Crippen molar-refractivity contribution < 1.29 is 19.1 Å². The molecule has 2 amide bonds. The molecule has 1 saturated heterocycles. The zero-order chi connectivity index (χ0) is 19.4. The molecule has 0 saturated carbocycles. The van der Waals surface area contributed by atoms with Gasteiger partial charge in [0.15, 0.2) is 11.5 Å². The molecule has 0 aliphatic carbocycles. The number of benzene rings is 1. The Labute approximate surface area is 159 Å². The first-order valence-electron chi connectivity index (χ1n) is 8.73. The fourth-order valence-corrected chi connectivity index (χ4v) is 4.32. The minimum Gasteiger partial charge on any atom is -0.493 e. The average molecular weight is 381 g/mol. The molecule has 7 heteroatoms. The topological polar surface area (TPSA) is 67.9 Å². The van der Waals surface area contributed by atoms with Gasteiger partial charge < -0.3 is 19.7 Å². The number of thioether (sulfide) groups is 1. The predicted molar refractivity (Wildman–Crippen MR) is 103 cm³/mol. The highest BCUT2D eigenvalue weighted by Gasteiger charge is 2.41. The lowest BCUT2D eigenvalue weighted by Gasteiger charge is -2.29. The van der Waals surface area contributed by atoms with Crippen LogP contribution in [0.15, 0.2) is 18.2 Å². The second-order valence-electron chi connectivity index (χ2n) is 6.78. The van der Waals surface area contributed by atoms with Crippen molar-refractivity contribution in [3.05, 3.63) is 23.8 Å². The first-order valence-corrected chi connectivity index (χ1v) is 9.77. The number of rotatable bonds is 6. The van der Waals surface area contributed by atoms with Gasteiger partial charge in [0, 0.05) is 18.7 Å². The molecule has 1 N–H and O–H groups in total. The van der Waals surface area contributed by atoms with Crippen LogP contribution >= 0.6 is 11.8 Å². The summed E-state index contributed by atoms with van der Waals surface area (Å²) in [4.78, 5) is 26.7. The van der Waals surface area contributed by atoms with E-state index < -0.39 is 6.04 Å². The van der Waals surface area contributed by atoms with Crippen molar-refractivity contribution in [2.45, 2.75) is 45.2 Å². The molecule has 1 heterocycles. The Kier molecular flexibility index (Phi) is 6.81. The number of nitrogens with zero attached hydrogens (tertiary/aromatic N) is 1. The largest absolute Gasteiger partial charge is 0.493 e. The summed E-state index contributed by atoms with van der Waals surface area (Å²) in [6, 6.07) is 5.18. The minimum atomic E-state index is -0.475. The smallest absolute Gasteiger partial charge is 0.243 e. The summed E-state index contributed by atoms with van der Waals surface area (Å²) in [7, 11) is 3.16. The van der Waals surface area contributed by atoms with Crippen LogP contribution < -0.4 is 14.8 Å². The molecule has 3 unspecified atom stereocenters. The monoisotopic (exact) mass is 380 g/mol. The molecular formula is C19H28N2O4S. The van der Waals surface area contributed by atoms with Crippen LogP contribution in [0, 0.1) is 5.92 Å². The number of nitrogens with one attached hydrogen (secondary N) is 1. The summed E-state index contributed by atoms with van der Waals surface area (Å²) in [5, 5.41) is 2.80. The average Bonchev–Trinajstić information content (AvgIpc) is 3.06. The summed E-state index contributed by atoms with van der Waals surface area (Å²) >= 11 is 1.58. The molecule has 1 aliphatic rings. The van der Waals surface area contributed by atoms with E-state index in [1.165, 1.54) is 6.92 Å². The van der Waals surface area contributed by atoms with Crippen molar-refractivity contribution in [2.24, 2.45) is 5.92 Å². The van der Waals surface area contributed by atoms with Gasteiger partial charge in [-0.2, -0.15) is 0 Å². The molecule has 0 aromatic heterocycles. The second-order valence-corrected chi connectivity index (χ2v) is 7.90. The summed E-state index contributed by atoms with van der Waals surface area (Å²) in [6.07, 6.45) is 0. The fourth-order valence-electron chi connectivity index (χ4n) is 2.84. The van der Waals surface area contributed by atoms with E-state index in [1.54, 1.807) is 30.9 Å². The number of carbonyl (C=O) groups excluding carboxylic acids is 2. The van der Waals surface area contributed by atoms with Crippen molar-refractivity contribution in [2.75, 3.05) is 20.0 Å². The molecule has 3 atom stereocenters. The summed E-state index contributed by atoms with van der Waals surface area (Å²) in [5.41, 5.74) is 0.912. The van der Waals surface area contributed by atoms with Crippen LogP contribution in [0.4, 0.5) is 0 Å². The van der Waals surface area contributed by atoms with Gasteiger partial charge in [-0.05, 0) is 30.5 Å². The normalized spacial score (nSPS) is 20.8. The summed E-state index contributed by atoms with van der Waals surface area (Å²) < 4.78 is 10.6. The molecule has 1 fully saturated rings. The fraction of sp³-hybridized carbons (Fsp3) is 0.579. The molecular weight excluding hydrogens is 352 g/mol. The summed E-state index contributed by atoms with van der Waals surface area (Å²) in [5.74, 6) is 1.92. The maximum atomic E-state index is 12.7. The van der Waals surface area contributed by atoms with Gasteiger partial charge in [-0.15, -0.1) is 11.8 Å². The molecule has 0 spiro atoms. The van der Waals surface area contributed by atoms with E-state index >= 15 is 0 Å². The minimum absolute atomic E-state index is 0.0569. The molecule has 1 aromatic carbocycles. The molecule has 26 heavy (non-hydrogen) atoms. The van der Waals surface area contributed by atoms with Crippen LogP contribution in [-0.4, -0.2) is 48.8 Å². The summed E-state index contributed by atoms with van der Waals surface area (Å²) in [6.45, 7) is 7.60. The molecule has 1 aromatic rings. The zero-order valence-electron chi connectivity index (χ0n) is 16.2. The van der Waals surface area contributed by atoms with E-state index in [-0.39, 0.29) is 23.2 Å². The van der Waals surface area contributed by atoms with Gasteiger partial charge in [0.2, 0.25) is 11.8 Å². The third-order valence-corrected chi connectivity index (χ3v) is 6.05. The van der Waals surface area contributed by atoms with Gasteiger partial charge in [-0.25, -0.2) is 0 Å². The quantitative estimate of drug-likeness (QED) is 0.822. The lowest BCUT2D eigenvalue weighted by Crippen LogP contribution is -2.50. The van der Waals surface area contributed by atoms with Crippen molar-refractivity contribution >= 4 is 23.6 Å². The Bertz CT molecular complexity index is 665. The Balaban J connectivity index is 2.26. The van der Waals surface area contributed by atoms with Crippen LogP contribution in [0.1, 0.15) is 38.6 Å².